The summed E-state index contributed by atoms with van der Waals surface area (Å²) in [6, 6.07) is 7.83. The number of nitrogens with zero attached hydrogens (tertiary/aromatic N) is 2. The maximum absolute atomic E-state index is 13.2. The average Bonchev–Trinajstić information content (AvgIpc) is 2.94. The van der Waals surface area contributed by atoms with Crippen LogP contribution in [-0.2, 0) is 12.8 Å². The standard InChI is InChI=1S/C17H15BrN2OS2/c1-22-17-19-15-14(12-4-2-3-5-13(12)23-15)16(21)20(17)11-8-6-10(18)7-9-11/h6-9H,2-5H2,1H3. The highest BCUT2D eigenvalue weighted by Crippen LogP contribution is 2.35. The summed E-state index contributed by atoms with van der Waals surface area (Å²) in [6.07, 6.45) is 6.45. The van der Waals surface area contributed by atoms with E-state index in [0.717, 1.165) is 38.4 Å². The SMILES string of the molecule is CSc1nc2sc3c(c2c(=O)n1-c1ccc(Br)cc1)CCCC3. The lowest BCUT2D eigenvalue weighted by Crippen LogP contribution is -2.22. The molecule has 0 N–H and O–H groups in total. The first-order valence-electron chi connectivity index (χ1n) is 7.56. The second kappa shape index (κ2) is 6.07. The summed E-state index contributed by atoms with van der Waals surface area (Å²) in [5.74, 6) is 0. The minimum absolute atomic E-state index is 0.0704. The van der Waals surface area contributed by atoms with Gasteiger partial charge in [0.1, 0.15) is 4.83 Å². The number of hydrogen-bond donors (Lipinski definition) is 0. The number of thioether (sulfide) groups is 1. The predicted octanol–water partition coefficient (Wildman–Crippen LogP) is 4.81. The van der Waals surface area contributed by atoms with Crippen LogP contribution < -0.4 is 5.56 Å². The summed E-state index contributed by atoms with van der Waals surface area (Å²) in [6.45, 7) is 0. The fourth-order valence-electron chi connectivity index (χ4n) is 3.14. The minimum atomic E-state index is 0.0704. The van der Waals surface area contributed by atoms with Crippen molar-refractivity contribution in [1.82, 2.24) is 9.55 Å². The van der Waals surface area contributed by atoms with Crippen LogP contribution in [0.2, 0.25) is 0 Å². The van der Waals surface area contributed by atoms with Gasteiger partial charge in [0.2, 0.25) is 0 Å². The van der Waals surface area contributed by atoms with Crippen LogP contribution in [-0.4, -0.2) is 15.8 Å². The van der Waals surface area contributed by atoms with Crippen LogP contribution in [0.5, 0.6) is 0 Å². The van der Waals surface area contributed by atoms with E-state index < -0.39 is 0 Å². The summed E-state index contributed by atoms with van der Waals surface area (Å²) in [5.41, 5.74) is 2.18. The first kappa shape index (κ1) is 15.4. The maximum Gasteiger partial charge on any atom is 0.267 e. The third kappa shape index (κ3) is 2.57. The summed E-state index contributed by atoms with van der Waals surface area (Å²) < 4.78 is 2.75. The minimum Gasteiger partial charge on any atom is -0.268 e. The monoisotopic (exact) mass is 406 g/mol. The molecule has 0 saturated carbocycles. The Morgan fingerprint density at radius 1 is 1.22 bits per heavy atom. The van der Waals surface area contributed by atoms with Crippen LogP contribution in [0, 0.1) is 0 Å². The third-order valence-electron chi connectivity index (χ3n) is 4.23. The molecule has 0 bridgehead atoms. The highest BCUT2D eigenvalue weighted by Gasteiger charge is 2.22. The Hall–Kier alpha value is -1.11. The Balaban J connectivity index is 2.04. The van der Waals surface area contributed by atoms with Crippen molar-refractivity contribution in [3.8, 4) is 5.69 Å². The zero-order valence-corrected chi connectivity index (χ0v) is 15.9. The first-order valence-corrected chi connectivity index (χ1v) is 10.4. The Kier molecular flexibility index (Phi) is 4.07. The van der Waals surface area contributed by atoms with Gasteiger partial charge in [-0.15, -0.1) is 11.3 Å². The molecule has 1 aliphatic carbocycles. The van der Waals surface area contributed by atoms with Gasteiger partial charge in [0, 0.05) is 9.35 Å². The lowest BCUT2D eigenvalue weighted by atomic mass is 9.97. The van der Waals surface area contributed by atoms with E-state index in [0.29, 0.717) is 0 Å². The third-order valence-corrected chi connectivity index (χ3v) is 6.58. The van der Waals surface area contributed by atoms with E-state index in [9.17, 15) is 4.79 Å². The maximum atomic E-state index is 13.2. The molecule has 0 spiro atoms. The van der Waals surface area contributed by atoms with Gasteiger partial charge in [-0.2, -0.15) is 0 Å². The fraction of sp³-hybridized carbons (Fsp3) is 0.294. The molecule has 1 aromatic carbocycles. The molecule has 2 aromatic heterocycles. The van der Waals surface area contributed by atoms with Crippen molar-refractivity contribution >= 4 is 49.2 Å². The van der Waals surface area contributed by atoms with Gasteiger partial charge in [-0.3, -0.25) is 9.36 Å². The molecule has 0 fully saturated rings. The number of aromatic nitrogens is 2. The van der Waals surface area contributed by atoms with Crippen molar-refractivity contribution < 1.29 is 0 Å². The van der Waals surface area contributed by atoms with Crippen LogP contribution in [0.15, 0.2) is 38.7 Å². The molecule has 0 radical (unpaired) electrons. The quantitative estimate of drug-likeness (QED) is 0.452. The largest absolute Gasteiger partial charge is 0.268 e. The van der Waals surface area contributed by atoms with Crippen LogP contribution in [0.3, 0.4) is 0 Å². The van der Waals surface area contributed by atoms with E-state index in [4.69, 9.17) is 4.98 Å². The molecule has 0 unspecified atom stereocenters. The highest BCUT2D eigenvalue weighted by molar-refractivity contribution is 9.10. The molecule has 3 aromatic rings. The number of thiophene rings is 1. The predicted molar refractivity (Wildman–Crippen MR) is 101 cm³/mol. The van der Waals surface area contributed by atoms with Crippen molar-refractivity contribution in [2.45, 2.75) is 30.8 Å². The number of rotatable bonds is 2. The molecule has 118 valence electrons. The summed E-state index contributed by atoms with van der Waals surface area (Å²) >= 11 is 6.67. The number of halogens is 1. The Morgan fingerprint density at radius 3 is 2.70 bits per heavy atom. The normalized spacial score (nSPS) is 14.2. The molecule has 23 heavy (non-hydrogen) atoms. The summed E-state index contributed by atoms with van der Waals surface area (Å²) in [7, 11) is 0. The van der Waals surface area contributed by atoms with Crippen LogP contribution >= 0.6 is 39.0 Å². The van der Waals surface area contributed by atoms with Crippen molar-refractivity contribution in [3.05, 3.63) is 49.5 Å². The molecular weight excluding hydrogens is 392 g/mol. The van der Waals surface area contributed by atoms with Crippen LogP contribution in [0.25, 0.3) is 15.9 Å². The van der Waals surface area contributed by atoms with E-state index in [1.807, 2.05) is 30.5 Å². The average molecular weight is 407 g/mol. The van der Waals surface area contributed by atoms with Gasteiger partial charge < -0.3 is 0 Å². The molecule has 2 heterocycles. The number of benzene rings is 1. The fourth-order valence-corrected chi connectivity index (χ4v) is 5.27. The Bertz CT molecular complexity index is 944. The zero-order valence-electron chi connectivity index (χ0n) is 12.6. The van der Waals surface area contributed by atoms with Gasteiger partial charge in [0.05, 0.1) is 11.1 Å². The summed E-state index contributed by atoms with van der Waals surface area (Å²) in [5, 5.41) is 1.59. The van der Waals surface area contributed by atoms with Crippen molar-refractivity contribution in [1.29, 1.82) is 0 Å². The lowest BCUT2D eigenvalue weighted by Gasteiger charge is -2.12. The van der Waals surface area contributed by atoms with Gasteiger partial charge in [-0.25, -0.2) is 4.98 Å². The molecule has 6 heteroatoms. The molecule has 3 nitrogen and oxygen atoms in total. The van der Waals surface area contributed by atoms with E-state index in [1.54, 1.807) is 15.9 Å². The highest BCUT2D eigenvalue weighted by atomic mass is 79.9. The molecular formula is C17H15BrN2OS2. The molecule has 1 aliphatic rings. The molecule has 0 amide bonds. The Labute approximate surface area is 150 Å². The van der Waals surface area contributed by atoms with Gasteiger partial charge in [0.15, 0.2) is 5.16 Å². The number of hydrogen-bond acceptors (Lipinski definition) is 4. The van der Waals surface area contributed by atoms with Crippen molar-refractivity contribution in [2.24, 2.45) is 0 Å². The van der Waals surface area contributed by atoms with Gasteiger partial charge in [-0.1, -0.05) is 27.7 Å². The van der Waals surface area contributed by atoms with E-state index in [-0.39, 0.29) is 5.56 Å². The van der Waals surface area contributed by atoms with Gasteiger partial charge in [-0.05, 0) is 61.8 Å². The van der Waals surface area contributed by atoms with Crippen LogP contribution in [0.1, 0.15) is 23.3 Å². The molecule has 0 aliphatic heterocycles. The smallest absolute Gasteiger partial charge is 0.267 e. The van der Waals surface area contributed by atoms with Crippen molar-refractivity contribution in [2.75, 3.05) is 6.26 Å². The van der Waals surface area contributed by atoms with E-state index in [1.165, 1.54) is 35.0 Å². The van der Waals surface area contributed by atoms with Crippen LogP contribution in [0.4, 0.5) is 0 Å². The van der Waals surface area contributed by atoms with Crippen molar-refractivity contribution in [3.63, 3.8) is 0 Å². The summed E-state index contributed by atoms with van der Waals surface area (Å²) in [4.78, 5) is 20.3. The first-order chi connectivity index (χ1) is 11.2. The second-order valence-corrected chi connectivity index (χ2v) is 8.38. The molecule has 0 atom stereocenters. The molecule has 0 saturated heterocycles. The number of fused-ring (bicyclic) bond motifs is 3. The van der Waals surface area contributed by atoms with Gasteiger partial charge >= 0.3 is 0 Å². The lowest BCUT2D eigenvalue weighted by molar-refractivity contribution is 0.699. The van der Waals surface area contributed by atoms with Gasteiger partial charge in [0.25, 0.3) is 5.56 Å². The Morgan fingerprint density at radius 2 is 1.96 bits per heavy atom. The van der Waals surface area contributed by atoms with E-state index >= 15 is 0 Å². The zero-order chi connectivity index (χ0) is 16.0. The topological polar surface area (TPSA) is 34.9 Å². The second-order valence-electron chi connectivity index (χ2n) is 5.61. The molecule has 4 rings (SSSR count). The number of aryl methyl sites for hydroxylation is 2. The van der Waals surface area contributed by atoms with E-state index in [2.05, 4.69) is 15.9 Å².